The fourth-order valence-corrected chi connectivity index (χ4v) is 1.83. The van der Waals surface area contributed by atoms with Crippen molar-refractivity contribution in [3.8, 4) is 0 Å². The molecule has 1 aromatic heterocycles. The number of carbonyl (C=O) groups is 1. The number of likely N-dealkylation sites (N-methyl/N-ethyl adjacent to an activating group) is 1. The summed E-state index contributed by atoms with van der Waals surface area (Å²) in [5.74, 6) is 0.525. The zero-order valence-electron chi connectivity index (χ0n) is 9.78. The van der Waals surface area contributed by atoms with Crippen LogP contribution in [0.25, 0.3) is 0 Å². The van der Waals surface area contributed by atoms with E-state index < -0.39 is 0 Å². The smallest absolute Gasteiger partial charge is 0.242 e. The Balaban J connectivity index is 1.91. The molecule has 0 saturated carbocycles. The Labute approximate surface area is 99.9 Å². The largest absolute Gasteiger partial charge is 0.391 e. The zero-order valence-corrected chi connectivity index (χ0v) is 9.78. The number of likely N-dealkylation sites (tertiary alicyclic amines) is 1. The molecule has 0 aliphatic carbocycles. The van der Waals surface area contributed by atoms with Crippen molar-refractivity contribution in [2.24, 2.45) is 0 Å². The van der Waals surface area contributed by atoms with Crippen molar-refractivity contribution in [1.82, 2.24) is 14.9 Å². The summed E-state index contributed by atoms with van der Waals surface area (Å²) in [6.45, 7) is 1.29. The molecule has 92 valence electrons. The van der Waals surface area contributed by atoms with Gasteiger partial charge in [-0.25, -0.2) is 9.97 Å². The SMILES string of the molecule is CN(CC(=O)N1CC[C@@H](O)C1)c1ncccn1. The third-order valence-corrected chi connectivity index (χ3v) is 2.78. The summed E-state index contributed by atoms with van der Waals surface area (Å²) >= 11 is 0. The second-order valence-electron chi connectivity index (χ2n) is 4.19. The normalized spacial score (nSPS) is 19.4. The Bertz CT molecular complexity index is 384. The Morgan fingerprint density at radius 2 is 2.29 bits per heavy atom. The molecule has 0 bridgehead atoms. The molecule has 0 unspecified atom stereocenters. The molecule has 1 atom stereocenters. The molecule has 0 aromatic carbocycles. The predicted molar refractivity (Wildman–Crippen MR) is 62.5 cm³/mol. The van der Waals surface area contributed by atoms with Crippen molar-refractivity contribution in [2.75, 3.05) is 31.6 Å². The first-order chi connectivity index (χ1) is 8.16. The minimum absolute atomic E-state index is 0.00324. The van der Waals surface area contributed by atoms with Gasteiger partial charge in [-0.1, -0.05) is 0 Å². The van der Waals surface area contributed by atoms with Crippen LogP contribution in [0.1, 0.15) is 6.42 Å². The van der Waals surface area contributed by atoms with Crippen molar-refractivity contribution >= 4 is 11.9 Å². The molecule has 2 rings (SSSR count). The maximum atomic E-state index is 11.9. The molecule has 1 N–H and O–H groups in total. The van der Waals surface area contributed by atoms with Crippen LogP contribution in [-0.2, 0) is 4.79 Å². The number of hydrogen-bond acceptors (Lipinski definition) is 5. The fourth-order valence-electron chi connectivity index (χ4n) is 1.83. The Hall–Kier alpha value is -1.69. The topological polar surface area (TPSA) is 69.6 Å². The molecule has 1 amide bonds. The molecule has 1 aliphatic rings. The van der Waals surface area contributed by atoms with Gasteiger partial charge < -0.3 is 14.9 Å². The first-order valence-electron chi connectivity index (χ1n) is 5.61. The number of rotatable bonds is 3. The molecule has 0 radical (unpaired) electrons. The van der Waals surface area contributed by atoms with Crippen LogP contribution in [0.3, 0.4) is 0 Å². The van der Waals surface area contributed by atoms with Crippen LogP contribution in [-0.4, -0.2) is 58.7 Å². The van der Waals surface area contributed by atoms with Crippen molar-refractivity contribution in [3.05, 3.63) is 18.5 Å². The Morgan fingerprint density at radius 3 is 2.88 bits per heavy atom. The third-order valence-electron chi connectivity index (χ3n) is 2.78. The van der Waals surface area contributed by atoms with Crippen LogP contribution >= 0.6 is 0 Å². The summed E-state index contributed by atoms with van der Waals surface area (Å²) in [4.78, 5) is 23.4. The second-order valence-corrected chi connectivity index (χ2v) is 4.19. The van der Waals surface area contributed by atoms with Gasteiger partial charge in [0.15, 0.2) is 0 Å². The molecular weight excluding hydrogens is 220 g/mol. The van der Waals surface area contributed by atoms with Crippen molar-refractivity contribution in [3.63, 3.8) is 0 Å². The predicted octanol–water partition coefficient (Wildman–Crippen LogP) is -0.494. The van der Waals surface area contributed by atoms with Gasteiger partial charge in [-0.2, -0.15) is 0 Å². The lowest BCUT2D eigenvalue weighted by atomic mass is 10.3. The first-order valence-corrected chi connectivity index (χ1v) is 5.61. The minimum atomic E-state index is -0.378. The van der Waals surface area contributed by atoms with E-state index in [2.05, 4.69) is 9.97 Å². The number of β-amino-alcohol motifs (C(OH)–C–C–N with tert-alkyl or cyclic N) is 1. The average Bonchev–Trinajstić information content (AvgIpc) is 2.77. The molecule has 1 aromatic rings. The van der Waals surface area contributed by atoms with E-state index >= 15 is 0 Å². The molecule has 0 spiro atoms. The summed E-state index contributed by atoms with van der Waals surface area (Å²) in [5, 5.41) is 9.37. The standard InChI is InChI=1S/C11H16N4O2/c1-14(11-12-4-2-5-13-11)8-10(17)15-6-3-9(16)7-15/h2,4-5,9,16H,3,6-8H2,1H3/t9-/m1/s1. The van der Waals surface area contributed by atoms with Gasteiger partial charge in [-0.3, -0.25) is 4.79 Å². The summed E-state index contributed by atoms with van der Waals surface area (Å²) < 4.78 is 0. The number of amides is 1. The molecule has 1 aliphatic heterocycles. The van der Waals surface area contributed by atoms with Gasteiger partial charge in [0.25, 0.3) is 0 Å². The number of aromatic nitrogens is 2. The number of hydrogen-bond donors (Lipinski definition) is 1. The average molecular weight is 236 g/mol. The van der Waals surface area contributed by atoms with E-state index in [0.29, 0.717) is 25.5 Å². The molecule has 6 heteroatoms. The molecule has 6 nitrogen and oxygen atoms in total. The van der Waals surface area contributed by atoms with Crippen LogP contribution in [0.4, 0.5) is 5.95 Å². The summed E-state index contributed by atoms with van der Waals surface area (Å²) in [6.07, 6.45) is 3.57. The number of aliphatic hydroxyl groups excluding tert-OH is 1. The Morgan fingerprint density at radius 1 is 1.59 bits per heavy atom. The van der Waals surface area contributed by atoms with E-state index in [-0.39, 0.29) is 18.6 Å². The highest BCUT2D eigenvalue weighted by atomic mass is 16.3. The monoisotopic (exact) mass is 236 g/mol. The van der Waals surface area contributed by atoms with Gasteiger partial charge in [0, 0.05) is 32.5 Å². The Kier molecular flexibility index (Phi) is 3.53. The third kappa shape index (κ3) is 2.91. The van der Waals surface area contributed by atoms with Crippen LogP contribution in [0, 0.1) is 0 Å². The van der Waals surface area contributed by atoms with Gasteiger partial charge in [0.05, 0.1) is 12.6 Å². The van der Waals surface area contributed by atoms with E-state index in [1.807, 2.05) is 0 Å². The van der Waals surface area contributed by atoms with Gasteiger partial charge in [0.2, 0.25) is 11.9 Å². The fraction of sp³-hybridized carbons (Fsp3) is 0.545. The second kappa shape index (κ2) is 5.09. The van der Waals surface area contributed by atoms with E-state index in [4.69, 9.17) is 0 Å². The lowest BCUT2D eigenvalue weighted by Gasteiger charge is -2.21. The van der Waals surface area contributed by atoms with Crippen molar-refractivity contribution < 1.29 is 9.90 Å². The zero-order chi connectivity index (χ0) is 12.3. The molecule has 1 saturated heterocycles. The molecule has 1 fully saturated rings. The van der Waals surface area contributed by atoms with Crippen molar-refractivity contribution in [1.29, 1.82) is 0 Å². The van der Waals surface area contributed by atoms with Crippen LogP contribution < -0.4 is 4.90 Å². The lowest BCUT2D eigenvalue weighted by Crippen LogP contribution is -2.38. The number of aliphatic hydroxyl groups is 1. The molecule has 2 heterocycles. The quantitative estimate of drug-likeness (QED) is 0.766. The maximum absolute atomic E-state index is 11.9. The highest BCUT2D eigenvalue weighted by Crippen LogP contribution is 2.10. The van der Waals surface area contributed by atoms with E-state index in [9.17, 15) is 9.90 Å². The highest BCUT2D eigenvalue weighted by molar-refractivity contribution is 5.81. The van der Waals surface area contributed by atoms with Crippen LogP contribution in [0.5, 0.6) is 0 Å². The summed E-state index contributed by atoms with van der Waals surface area (Å²) in [5.41, 5.74) is 0. The van der Waals surface area contributed by atoms with E-state index in [1.54, 1.807) is 35.3 Å². The van der Waals surface area contributed by atoms with Gasteiger partial charge in [0.1, 0.15) is 0 Å². The van der Waals surface area contributed by atoms with E-state index in [0.717, 1.165) is 0 Å². The maximum Gasteiger partial charge on any atom is 0.242 e. The summed E-state index contributed by atoms with van der Waals surface area (Å²) in [7, 11) is 1.78. The van der Waals surface area contributed by atoms with Crippen LogP contribution in [0.15, 0.2) is 18.5 Å². The van der Waals surface area contributed by atoms with Gasteiger partial charge >= 0.3 is 0 Å². The van der Waals surface area contributed by atoms with Gasteiger partial charge in [-0.05, 0) is 12.5 Å². The highest BCUT2D eigenvalue weighted by Gasteiger charge is 2.25. The molecule has 17 heavy (non-hydrogen) atoms. The molecular formula is C11H16N4O2. The minimum Gasteiger partial charge on any atom is -0.391 e. The first kappa shape index (κ1) is 11.8. The van der Waals surface area contributed by atoms with Crippen molar-refractivity contribution in [2.45, 2.75) is 12.5 Å². The number of nitrogens with zero attached hydrogens (tertiary/aromatic N) is 4. The van der Waals surface area contributed by atoms with Crippen LogP contribution in [0.2, 0.25) is 0 Å². The number of carbonyl (C=O) groups excluding carboxylic acids is 1. The van der Waals surface area contributed by atoms with Gasteiger partial charge in [-0.15, -0.1) is 0 Å². The summed E-state index contributed by atoms with van der Waals surface area (Å²) in [6, 6.07) is 1.73. The van der Waals surface area contributed by atoms with E-state index in [1.165, 1.54) is 0 Å². The number of anilines is 1. The lowest BCUT2D eigenvalue weighted by molar-refractivity contribution is -0.129.